The molecule has 0 aliphatic carbocycles. The zero-order valence-corrected chi connectivity index (χ0v) is 17.6. The third-order valence-electron chi connectivity index (χ3n) is 5.24. The first kappa shape index (κ1) is 20.5. The average molecular weight is 423 g/mol. The second-order valence-corrected chi connectivity index (χ2v) is 7.15. The van der Waals surface area contributed by atoms with Gasteiger partial charge in [-0.25, -0.2) is 9.78 Å². The summed E-state index contributed by atoms with van der Waals surface area (Å²) < 4.78 is 16.1. The Labute approximate surface area is 180 Å². The second kappa shape index (κ2) is 8.95. The van der Waals surface area contributed by atoms with Crippen molar-refractivity contribution in [1.82, 2.24) is 14.9 Å². The molecular formula is C22H25N5O4. The summed E-state index contributed by atoms with van der Waals surface area (Å²) in [4.78, 5) is 25.2. The number of benzene rings is 2. The fraction of sp³-hybridized carbons (Fsp3) is 0.318. The van der Waals surface area contributed by atoms with Gasteiger partial charge in [-0.2, -0.15) is 4.98 Å². The number of fused-ring (bicyclic) bond motifs is 1. The molecule has 162 valence electrons. The Kier molecular flexibility index (Phi) is 5.92. The first-order valence-corrected chi connectivity index (χ1v) is 9.99. The number of hydrogen-bond donors (Lipinski definition) is 1. The Morgan fingerprint density at radius 2 is 1.68 bits per heavy atom. The smallest absolute Gasteiger partial charge is 0.410 e. The van der Waals surface area contributed by atoms with E-state index in [0.717, 1.165) is 5.56 Å². The molecule has 1 aromatic heterocycles. The van der Waals surface area contributed by atoms with Crippen LogP contribution in [0.3, 0.4) is 0 Å². The van der Waals surface area contributed by atoms with E-state index in [0.29, 0.717) is 60.3 Å². The van der Waals surface area contributed by atoms with E-state index in [9.17, 15) is 4.79 Å². The van der Waals surface area contributed by atoms with E-state index in [4.69, 9.17) is 19.9 Å². The number of ether oxygens (including phenoxy) is 3. The minimum atomic E-state index is -0.320. The van der Waals surface area contributed by atoms with Crippen LogP contribution in [0.5, 0.6) is 11.5 Å². The van der Waals surface area contributed by atoms with Gasteiger partial charge in [-0.3, -0.25) is 0 Å². The molecule has 1 aliphatic heterocycles. The van der Waals surface area contributed by atoms with Crippen LogP contribution < -0.4 is 20.1 Å². The number of piperazine rings is 1. The number of methoxy groups -OCH3 is 2. The zero-order valence-electron chi connectivity index (χ0n) is 17.6. The Bertz CT molecular complexity index is 1070. The summed E-state index contributed by atoms with van der Waals surface area (Å²) in [6.07, 6.45) is -0.320. The largest absolute Gasteiger partial charge is 0.493 e. The van der Waals surface area contributed by atoms with Crippen LogP contribution in [0.1, 0.15) is 5.56 Å². The number of carbonyl (C=O) groups is 1. The first-order valence-electron chi connectivity index (χ1n) is 9.99. The lowest BCUT2D eigenvalue weighted by atomic mass is 10.2. The summed E-state index contributed by atoms with van der Waals surface area (Å²) in [6, 6.07) is 13.2. The summed E-state index contributed by atoms with van der Waals surface area (Å²) in [5, 5.41) is 0.699. The second-order valence-electron chi connectivity index (χ2n) is 7.15. The molecule has 2 N–H and O–H groups in total. The Morgan fingerprint density at radius 3 is 2.35 bits per heavy atom. The molecule has 1 fully saturated rings. The molecule has 2 aromatic carbocycles. The van der Waals surface area contributed by atoms with Gasteiger partial charge in [-0.15, -0.1) is 0 Å². The van der Waals surface area contributed by atoms with Crippen molar-refractivity contribution >= 4 is 28.8 Å². The lowest BCUT2D eigenvalue weighted by Crippen LogP contribution is -2.49. The molecule has 0 saturated carbocycles. The molecule has 2 heterocycles. The fourth-order valence-corrected chi connectivity index (χ4v) is 3.51. The molecule has 0 bridgehead atoms. The summed E-state index contributed by atoms with van der Waals surface area (Å²) >= 11 is 0. The van der Waals surface area contributed by atoms with Gasteiger partial charge >= 0.3 is 6.09 Å². The van der Waals surface area contributed by atoms with Gasteiger partial charge < -0.3 is 29.7 Å². The monoisotopic (exact) mass is 423 g/mol. The van der Waals surface area contributed by atoms with Crippen molar-refractivity contribution in [1.29, 1.82) is 0 Å². The van der Waals surface area contributed by atoms with Crippen LogP contribution in [0, 0.1) is 0 Å². The van der Waals surface area contributed by atoms with Crippen LogP contribution in [0.25, 0.3) is 10.9 Å². The van der Waals surface area contributed by atoms with Crippen LogP contribution in [0.15, 0.2) is 42.5 Å². The topological polar surface area (TPSA) is 103 Å². The van der Waals surface area contributed by atoms with Gasteiger partial charge in [0.25, 0.3) is 0 Å². The van der Waals surface area contributed by atoms with Crippen molar-refractivity contribution in [3.8, 4) is 11.5 Å². The molecule has 1 saturated heterocycles. The molecular weight excluding hydrogens is 398 g/mol. The number of anilines is 2. The van der Waals surface area contributed by atoms with E-state index in [1.807, 2.05) is 35.2 Å². The van der Waals surface area contributed by atoms with Crippen molar-refractivity contribution in [2.45, 2.75) is 6.61 Å². The third-order valence-corrected chi connectivity index (χ3v) is 5.24. The summed E-state index contributed by atoms with van der Waals surface area (Å²) in [5.41, 5.74) is 7.82. The van der Waals surface area contributed by atoms with Gasteiger partial charge in [0.2, 0.25) is 5.95 Å². The molecule has 0 radical (unpaired) electrons. The molecule has 0 atom stereocenters. The SMILES string of the molecule is COc1cc2nc(N3CCN(C(=O)OCc4ccccc4)CC3)nc(N)c2cc1OC. The molecule has 9 heteroatoms. The van der Waals surface area contributed by atoms with Crippen LogP contribution in [0.2, 0.25) is 0 Å². The number of aromatic nitrogens is 2. The molecule has 1 amide bonds. The Balaban J connectivity index is 1.42. The normalized spacial score (nSPS) is 13.9. The third kappa shape index (κ3) is 4.40. The van der Waals surface area contributed by atoms with Crippen molar-refractivity contribution < 1.29 is 19.0 Å². The molecule has 1 aliphatic rings. The van der Waals surface area contributed by atoms with Crippen LogP contribution >= 0.6 is 0 Å². The van der Waals surface area contributed by atoms with Crippen molar-refractivity contribution in [2.24, 2.45) is 0 Å². The van der Waals surface area contributed by atoms with Crippen molar-refractivity contribution in [3.05, 3.63) is 48.0 Å². The van der Waals surface area contributed by atoms with Gasteiger partial charge in [0, 0.05) is 37.6 Å². The van der Waals surface area contributed by atoms with Crippen LogP contribution in [0.4, 0.5) is 16.6 Å². The number of nitrogens with two attached hydrogens (primary N) is 1. The molecule has 31 heavy (non-hydrogen) atoms. The van der Waals surface area contributed by atoms with E-state index in [2.05, 4.69) is 9.97 Å². The Morgan fingerprint density at radius 1 is 1.00 bits per heavy atom. The maximum absolute atomic E-state index is 12.4. The van der Waals surface area contributed by atoms with E-state index in [1.54, 1.807) is 31.3 Å². The highest BCUT2D eigenvalue weighted by molar-refractivity contribution is 5.91. The predicted molar refractivity (Wildman–Crippen MR) is 117 cm³/mol. The number of nitrogens with zero attached hydrogens (tertiary/aromatic N) is 4. The Hall–Kier alpha value is -3.75. The quantitative estimate of drug-likeness (QED) is 0.668. The summed E-state index contributed by atoms with van der Waals surface area (Å²) in [7, 11) is 3.14. The van der Waals surface area contributed by atoms with Crippen LogP contribution in [-0.2, 0) is 11.3 Å². The molecule has 0 unspecified atom stereocenters. The standard InChI is InChI=1S/C22H25N5O4/c1-29-18-12-16-17(13-19(18)30-2)24-21(25-20(16)23)26-8-10-27(11-9-26)22(28)31-14-15-6-4-3-5-7-15/h3-7,12-13H,8-11,14H2,1-2H3,(H2,23,24,25). The summed E-state index contributed by atoms with van der Waals surface area (Å²) in [6.45, 7) is 2.45. The highest BCUT2D eigenvalue weighted by atomic mass is 16.6. The van der Waals surface area contributed by atoms with E-state index < -0.39 is 0 Å². The van der Waals surface area contributed by atoms with E-state index >= 15 is 0 Å². The van der Waals surface area contributed by atoms with Gasteiger partial charge in [-0.1, -0.05) is 30.3 Å². The highest BCUT2D eigenvalue weighted by Crippen LogP contribution is 2.34. The zero-order chi connectivity index (χ0) is 21.8. The molecule has 3 aromatic rings. The number of rotatable bonds is 5. The fourth-order valence-electron chi connectivity index (χ4n) is 3.51. The van der Waals surface area contributed by atoms with E-state index in [-0.39, 0.29) is 12.7 Å². The molecule has 0 spiro atoms. The van der Waals surface area contributed by atoms with E-state index in [1.165, 1.54) is 0 Å². The van der Waals surface area contributed by atoms with Gasteiger partial charge in [0.15, 0.2) is 11.5 Å². The lowest BCUT2D eigenvalue weighted by Gasteiger charge is -2.34. The average Bonchev–Trinajstić information content (AvgIpc) is 2.82. The minimum Gasteiger partial charge on any atom is -0.493 e. The molecule has 9 nitrogen and oxygen atoms in total. The maximum Gasteiger partial charge on any atom is 0.410 e. The summed E-state index contributed by atoms with van der Waals surface area (Å²) in [5.74, 6) is 2.03. The minimum absolute atomic E-state index is 0.259. The predicted octanol–water partition coefficient (Wildman–Crippen LogP) is 2.69. The van der Waals surface area contributed by atoms with Crippen molar-refractivity contribution in [2.75, 3.05) is 51.0 Å². The van der Waals surface area contributed by atoms with Crippen LogP contribution in [-0.4, -0.2) is 61.4 Å². The number of hydrogen-bond acceptors (Lipinski definition) is 8. The number of nitrogen functional groups attached to an aromatic ring is 1. The number of amides is 1. The van der Waals surface area contributed by atoms with Gasteiger partial charge in [0.1, 0.15) is 12.4 Å². The first-order chi connectivity index (χ1) is 15.1. The van der Waals surface area contributed by atoms with Gasteiger partial charge in [-0.05, 0) is 11.6 Å². The van der Waals surface area contributed by atoms with Gasteiger partial charge in [0.05, 0.1) is 19.7 Å². The molecule has 4 rings (SSSR count). The number of carbonyl (C=O) groups excluding carboxylic acids is 1. The maximum atomic E-state index is 12.4. The highest BCUT2D eigenvalue weighted by Gasteiger charge is 2.24. The van der Waals surface area contributed by atoms with Crippen molar-refractivity contribution in [3.63, 3.8) is 0 Å². The lowest BCUT2D eigenvalue weighted by molar-refractivity contribution is 0.0941.